The van der Waals surface area contributed by atoms with Crippen LogP contribution in [0.1, 0.15) is 29.6 Å². The van der Waals surface area contributed by atoms with Gasteiger partial charge in [0.25, 0.3) is 5.91 Å². The highest BCUT2D eigenvalue weighted by Crippen LogP contribution is 2.30. The summed E-state index contributed by atoms with van der Waals surface area (Å²) in [4.78, 5) is 26.2. The first-order chi connectivity index (χ1) is 13.2. The van der Waals surface area contributed by atoms with Gasteiger partial charge in [-0.1, -0.05) is 12.1 Å². The summed E-state index contributed by atoms with van der Waals surface area (Å²) in [6.07, 6.45) is 2.33. The van der Waals surface area contributed by atoms with Crippen molar-refractivity contribution in [1.29, 1.82) is 0 Å². The fourth-order valence-corrected chi connectivity index (χ4v) is 3.34. The highest BCUT2D eigenvalue weighted by molar-refractivity contribution is 5.96. The van der Waals surface area contributed by atoms with E-state index in [2.05, 4.69) is 5.32 Å². The predicted molar refractivity (Wildman–Crippen MR) is 101 cm³/mol. The van der Waals surface area contributed by atoms with Crippen LogP contribution in [0, 0.1) is 0 Å². The molecule has 140 valence electrons. The summed E-state index contributed by atoms with van der Waals surface area (Å²) in [6, 6.07) is 14.6. The lowest BCUT2D eigenvalue weighted by Crippen LogP contribution is -2.40. The molecule has 1 N–H and O–H groups in total. The van der Waals surface area contributed by atoms with E-state index >= 15 is 0 Å². The summed E-state index contributed by atoms with van der Waals surface area (Å²) in [7, 11) is 0. The van der Waals surface area contributed by atoms with Crippen molar-refractivity contribution in [1.82, 2.24) is 5.32 Å². The SMILES string of the molecule is O=C(NCC1COc2ccccc2O1)c1ccc(N2CCCCC2=O)cc1. The molecule has 2 heterocycles. The van der Waals surface area contributed by atoms with Crippen LogP contribution in [-0.2, 0) is 4.79 Å². The maximum Gasteiger partial charge on any atom is 0.251 e. The Morgan fingerprint density at radius 3 is 2.63 bits per heavy atom. The van der Waals surface area contributed by atoms with Gasteiger partial charge < -0.3 is 19.7 Å². The molecule has 27 heavy (non-hydrogen) atoms. The minimum atomic E-state index is -0.228. The van der Waals surface area contributed by atoms with Crippen LogP contribution in [0.25, 0.3) is 0 Å². The van der Waals surface area contributed by atoms with Gasteiger partial charge in [0.15, 0.2) is 11.5 Å². The zero-order valence-electron chi connectivity index (χ0n) is 15.0. The third-order valence-electron chi connectivity index (χ3n) is 4.82. The zero-order chi connectivity index (χ0) is 18.6. The number of nitrogens with one attached hydrogen (secondary N) is 1. The van der Waals surface area contributed by atoms with Crippen molar-refractivity contribution in [2.45, 2.75) is 25.4 Å². The number of para-hydroxylation sites is 2. The van der Waals surface area contributed by atoms with Gasteiger partial charge in [-0.25, -0.2) is 0 Å². The summed E-state index contributed by atoms with van der Waals surface area (Å²) in [5, 5.41) is 2.88. The molecule has 0 bridgehead atoms. The lowest BCUT2D eigenvalue weighted by molar-refractivity contribution is -0.119. The van der Waals surface area contributed by atoms with Crippen molar-refractivity contribution < 1.29 is 19.1 Å². The first-order valence-electron chi connectivity index (χ1n) is 9.28. The number of amides is 2. The molecule has 4 rings (SSSR count). The molecule has 1 fully saturated rings. The van der Waals surface area contributed by atoms with Crippen LogP contribution < -0.4 is 19.7 Å². The number of benzene rings is 2. The molecule has 0 aliphatic carbocycles. The Kier molecular flexibility index (Phi) is 4.96. The fraction of sp³-hybridized carbons (Fsp3) is 0.333. The molecule has 0 radical (unpaired) electrons. The van der Waals surface area contributed by atoms with Crippen molar-refractivity contribution in [3.63, 3.8) is 0 Å². The van der Waals surface area contributed by atoms with Gasteiger partial charge in [0.2, 0.25) is 5.91 Å². The third kappa shape index (κ3) is 3.89. The van der Waals surface area contributed by atoms with Crippen LogP contribution >= 0.6 is 0 Å². The molecular formula is C21H22N2O4. The van der Waals surface area contributed by atoms with E-state index < -0.39 is 0 Å². The Labute approximate surface area is 158 Å². The van der Waals surface area contributed by atoms with Gasteiger partial charge in [0, 0.05) is 24.2 Å². The van der Waals surface area contributed by atoms with Gasteiger partial charge in [-0.05, 0) is 49.2 Å². The zero-order valence-corrected chi connectivity index (χ0v) is 15.0. The van der Waals surface area contributed by atoms with E-state index in [4.69, 9.17) is 9.47 Å². The van der Waals surface area contributed by atoms with Gasteiger partial charge in [-0.3, -0.25) is 9.59 Å². The maximum atomic E-state index is 12.4. The molecule has 2 aromatic rings. The lowest BCUT2D eigenvalue weighted by Gasteiger charge is -2.27. The molecule has 0 saturated carbocycles. The number of nitrogens with zero attached hydrogens (tertiary/aromatic N) is 1. The number of carbonyl (C=O) groups is 2. The predicted octanol–water partition coefficient (Wildman–Crippen LogP) is 2.77. The fourth-order valence-electron chi connectivity index (χ4n) is 3.34. The van der Waals surface area contributed by atoms with Gasteiger partial charge in [0.1, 0.15) is 12.7 Å². The van der Waals surface area contributed by atoms with Gasteiger partial charge in [-0.2, -0.15) is 0 Å². The monoisotopic (exact) mass is 366 g/mol. The summed E-state index contributed by atoms with van der Waals surface area (Å²) < 4.78 is 11.5. The topological polar surface area (TPSA) is 67.9 Å². The van der Waals surface area contributed by atoms with Crippen LogP contribution in [0.3, 0.4) is 0 Å². The molecular weight excluding hydrogens is 344 g/mol. The first-order valence-corrected chi connectivity index (χ1v) is 9.28. The molecule has 6 heteroatoms. The first kappa shape index (κ1) is 17.4. The number of hydrogen-bond donors (Lipinski definition) is 1. The average molecular weight is 366 g/mol. The number of anilines is 1. The largest absolute Gasteiger partial charge is 0.486 e. The Balaban J connectivity index is 1.33. The van der Waals surface area contributed by atoms with Crippen LogP contribution in [0.4, 0.5) is 5.69 Å². The van der Waals surface area contributed by atoms with Crippen LogP contribution in [-0.4, -0.2) is 37.6 Å². The summed E-state index contributed by atoms with van der Waals surface area (Å²) in [6.45, 7) is 1.50. The normalized spacial score (nSPS) is 18.9. The van der Waals surface area contributed by atoms with Crippen molar-refractivity contribution >= 4 is 17.5 Å². The Hall–Kier alpha value is -3.02. The van der Waals surface area contributed by atoms with E-state index in [1.165, 1.54) is 0 Å². The number of carbonyl (C=O) groups excluding carboxylic acids is 2. The summed E-state index contributed by atoms with van der Waals surface area (Å²) >= 11 is 0. The second kappa shape index (κ2) is 7.70. The van der Waals surface area contributed by atoms with E-state index in [0.717, 1.165) is 30.8 Å². The number of piperidine rings is 1. The molecule has 2 amide bonds. The molecule has 0 aromatic heterocycles. The number of rotatable bonds is 4. The number of hydrogen-bond acceptors (Lipinski definition) is 4. The van der Waals surface area contributed by atoms with E-state index in [9.17, 15) is 9.59 Å². The Morgan fingerprint density at radius 1 is 1.07 bits per heavy atom. The molecule has 1 unspecified atom stereocenters. The minimum Gasteiger partial charge on any atom is -0.486 e. The number of ether oxygens (including phenoxy) is 2. The minimum absolute atomic E-state index is 0.146. The van der Waals surface area contributed by atoms with Gasteiger partial charge in [-0.15, -0.1) is 0 Å². The molecule has 6 nitrogen and oxygen atoms in total. The molecule has 1 atom stereocenters. The van der Waals surface area contributed by atoms with Gasteiger partial charge >= 0.3 is 0 Å². The lowest BCUT2D eigenvalue weighted by atomic mass is 10.1. The maximum absolute atomic E-state index is 12.4. The number of fused-ring (bicyclic) bond motifs is 1. The average Bonchev–Trinajstić information content (AvgIpc) is 2.72. The standard InChI is InChI=1S/C21H22N2O4/c24-20-7-3-4-12-23(20)16-10-8-15(9-11-16)21(25)22-13-17-14-26-18-5-1-2-6-19(18)27-17/h1-2,5-6,8-11,17H,3-4,7,12-14H2,(H,22,25). The molecule has 2 aliphatic heterocycles. The van der Waals surface area contributed by atoms with E-state index in [-0.39, 0.29) is 17.9 Å². The quantitative estimate of drug-likeness (QED) is 0.904. The second-order valence-corrected chi connectivity index (χ2v) is 6.76. The van der Waals surface area contributed by atoms with Crippen molar-refractivity contribution in [3.8, 4) is 11.5 Å². The summed E-state index contributed by atoms with van der Waals surface area (Å²) in [5.41, 5.74) is 1.40. The van der Waals surface area contributed by atoms with E-state index in [0.29, 0.717) is 30.9 Å². The van der Waals surface area contributed by atoms with Crippen molar-refractivity contribution in [2.75, 3.05) is 24.6 Å². The van der Waals surface area contributed by atoms with E-state index in [1.807, 2.05) is 36.4 Å². The van der Waals surface area contributed by atoms with Crippen LogP contribution in [0.15, 0.2) is 48.5 Å². The Bertz CT molecular complexity index is 834. The molecule has 0 spiro atoms. The van der Waals surface area contributed by atoms with Crippen LogP contribution in [0.2, 0.25) is 0 Å². The van der Waals surface area contributed by atoms with Crippen molar-refractivity contribution in [2.24, 2.45) is 0 Å². The van der Waals surface area contributed by atoms with Crippen LogP contribution in [0.5, 0.6) is 11.5 Å². The van der Waals surface area contributed by atoms with Crippen molar-refractivity contribution in [3.05, 3.63) is 54.1 Å². The smallest absolute Gasteiger partial charge is 0.251 e. The van der Waals surface area contributed by atoms with E-state index in [1.54, 1.807) is 17.0 Å². The highest BCUT2D eigenvalue weighted by atomic mass is 16.6. The summed E-state index contributed by atoms with van der Waals surface area (Å²) in [5.74, 6) is 1.39. The second-order valence-electron chi connectivity index (χ2n) is 6.76. The van der Waals surface area contributed by atoms with Gasteiger partial charge in [0.05, 0.1) is 6.54 Å². The molecule has 2 aliphatic rings. The molecule has 2 aromatic carbocycles. The third-order valence-corrected chi connectivity index (χ3v) is 4.82. The molecule has 1 saturated heterocycles. The Morgan fingerprint density at radius 2 is 1.85 bits per heavy atom. The highest BCUT2D eigenvalue weighted by Gasteiger charge is 2.22.